The summed E-state index contributed by atoms with van der Waals surface area (Å²) in [4.78, 5) is 29.1. The van der Waals surface area contributed by atoms with Crippen LogP contribution in [0, 0.1) is 17.8 Å². The first-order chi connectivity index (χ1) is 28.5. The fourth-order valence-electron chi connectivity index (χ4n) is 9.50. The predicted molar refractivity (Wildman–Crippen MR) is 248 cm³/mol. The molecule has 1 unspecified atom stereocenters. The largest absolute Gasteiger partial charge is 0.511 e. The SMILES string of the molecule is CCC1=C2C=C3N=C(C=C4N=C(C(C)=C4C(C)O)C(C)=C4NC(=C5CC(O)=C1C5=N2)[C@@H](CCC(=O)OC/C=C(\C)CC/C=C(\C)CCC=C(C)C)[C@@H]4C)C(C)=C3CC(C)C. The summed E-state index contributed by atoms with van der Waals surface area (Å²) in [6.45, 7) is 25.7. The molecular formula is C52H68N4O4. The molecule has 1 saturated heterocycles. The molecule has 3 atom stereocenters. The van der Waals surface area contributed by atoms with Gasteiger partial charge in [-0.2, -0.15) is 0 Å². The standard InChI is InChI=1S/C52H68N4O4/c1-13-37-42-27-43-39(24-29(4)5)32(8)41(53-43)26-44-47(36(12)57)34(10)50(55-44)35(11)49-33(9)38(51(56-49)40-25-45(58)48(37)52(40)54-42)20-21-46(59)60-23-22-31(7)19-15-18-30(6)17-14-16-28(2)3/h16,18,22,26-27,29,33,36,38,56-58H,13-15,17,19-21,23-25H2,1-12H3/b30-18+,31-22+,43-27?,44-26?,49-35?,51-40?/t33-,36?,38-/m0/s1. The maximum absolute atomic E-state index is 13.4. The van der Waals surface area contributed by atoms with Crippen molar-refractivity contribution in [3.63, 3.8) is 0 Å². The molecule has 0 aromatic carbocycles. The number of fused-ring (bicyclic) bond motifs is 5. The van der Waals surface area contributed by atoms with Crippen LogP contribution in [0.2, 0.25) is 0 Å². The average Bonchev–Trinajstić information content (AvgIpc) is 3.95. The van der Waals surface area contributed by atoms with Crippen LogP contribution in [0.25, 0.3) is 0 Å². The summed E-state index contributed by atoms with van der Waals surface area (Å²) >= 11 is 0. The van der Waals surface area contributed by atoms with E-state index < -0.39 is 6.10 Å². The van der Waals surface area contributed by atoms with Crippen LogP contribution in [-0.4, -0.2) is 46.0 Å². The van der Waals surface area contributed by atoms with E-state index in [9.17, 15) is 15.0 Å². The van der Waals surface area contributed by atoms with E-state index in [1.807, 2.05) is 19.1 Å². The molecule has 5 heterocycles. The second kappa shape index (κ2) is 18.8. The van der Waals surface area contributed by atoms with E-state index in [-0.39, 0.29) is 30.8 Å². The average molecular weight is 813 g/mol. The van der Waals surface area contributed by atoms with Gasteiger partial charge in [0.1, 0.15) is 12.4 Å². The molecule has 0 saturated carbocycles. The molecule has 8 bridgehead atoms. The maximum Gasteiger partial charge on any atom is 0.306 e. The van der Waals surface area contributed by atoms with Crippen LogP contribution in [0.4, 0.5) is 0 Å². The molecule has 1 aliphatic carbocycles. The molecule has 0 amide bonds. The quantitative estimate of drug-likeness (QED) is 0.112. The minimum Gasteiger partial charge on any atom is -0.511 e. The van der Waals surface area contributed by atoms with E-state index in [4.69, 9.17) is 19.7 Å². The van der Waals surface area contributed by atoms with Crippen LogP contribution in [-0.2, 0) is 9.53 Å². The number of nitrogens with one attached hydrogen (secondary N) is 1. The highest BCUT2D eigenvalue weighted by atomic mass is 16.5. The molecule has 320 valence electrons. The molecule has 0 aromatic rings. The Morgan fingerprint density at radius 1 is 0.867 bits per heavy atom. The molecule has 5 aliphatic heterocycles. The Morgan fingerprint density at radius 2 is 1.57 bits per heavy atom. The predicted octanol–water partition coefficient (Wildman–Crippen LogP) is 12.2. The lowest BCUT2D eigenvalue weighted by Gasteiger charge is -2.18. The zero-order chi connectivity index (χ0) is 43.6. The number of esters is 1. The molecule has 8 nitrogen and oxygen atoms in total. The van der Waals surface area contributed by atoms with Crippen molar-refractivity contribution in [3.8, 4) is 0 Å². The molecule has 8 heteroatoms. The van der Waals surface area contributed by atoms with Crippen molar-refractivity contribution in [2.75, 3.05) is 6.61 Å². The Labute approximate surface area is 359 Å². The van der Waals surface area contributed by atoms with Gasteiger partial charge in [0, 0.05) is 52.8 Å². The van der Waals surface area contributed by atoms with Crippen molar-refractivity contribution in [1.29, 1.82) is 0 Å². The van der Waals surface area contributed by atoms with Crippen molar-refractivity contribution < 1.29 is 19.7 Å². The van der Waals surface area contributed by atoms with Gasteiger partial charge in [0.05, 0.1) is 40.3 Å². The number of carbonyl (C=O) groups excluding carboxylic acids is 1. The molecule has 0 spiro atoms. The number of rotatable bonds is 15. The summed E-state index contributed by atoms with van der Waals surface area (Å²) in [6.07, 6.45) is 16.9. The number of ether oxygens (including phenoxy) is 1. The number of aliphatic imine (C=N–C) groups is 3. The van der Waals surface area contributed by atoms with Gasteiger partial charge in [-0.3, -0.25) is 4.79 Å². The summed E-state index contributed by atoms with van der Waals surface area (Å²) in [6, 6.07) is 0. The Balaban J connectivity index is 1.32. The molecule has 6 aliphatic rings. The van der Waals surface area contributed by atoms with Crippen molar-refractivity contribution >= 4 is 23.1 Å². The van der Waals surface area contributed by atoms with Crippen molar-refractivity contribution in [1.82, 2.24) is 5.32 Å². The van der Waals surface area contributed by atoms with E-state index in [0.717, 1.165) is 117 Å². The number of aliphatic hydroxyl groups is 2. The van der Waals surface area contributed by atoms with Crippen LogP contribution in [0.5, 0.6) is 0 Å². The highest BCUT2D eigenvalue weighted by molar-refractivity contribution is 6.21. The number of hydrogen-bond donors (Lipinski definition) is 3. The van der Waals surface area contributed by atoms with Gasteiger partial charge in [0.15, 0.2) is 0 Å². The smallest absolute Gasteiger partial charge is 0.306 e. The van der Waals surface area contributed by atoms with Gasteiger partial charge >= 0.3 is 5.97 Å². The van der Waals surface area contributed by atoms with E-state index in [2.05, 4.69) is 92.8 Å². The topological polar surface area (TPSA) is 116 Å². The minimum atomic E-state index is -0.726. The first-order valence-electron chi connectivity index (χ1n) is 22.3. The fourth-order valence-corrected chi connectivity index (χ4v) is 9.50. The Kier molecular flexibility index (Phi) is 14.0. The fraction of sp³-hybridized carbons (Fsp3) is 0.500. The number of allylic oxidation sites excluding steroid dienone is 16. The van der Waals surface area contributed by atoms with Crippen LogP contribution < -0.4 is 5.32 Å². The lowest BCUT2D eigenvalue weighted by molar-refractivity contribution is -0.142. The van der Waals surface area contributed by atoms with Crippen molar-refractivity contribution in [3.05, 3.63) is 126 Å². The lowest BCUT2D eigenvalue weighted by Crippen LogP contribution is -2.16. The van der Waals surface area contributed by atoms with Crippen LogP contribution in [0.3, 0.4) is 0 Å². The summed E-state index contributed by atoms with van der Waals surface area (Å²) in [5.41, 5.74) is 18.8. The van der Waals surface area contributed by atoms with E-state index in [0.29, 0.717) is 30.9 Å². The zero-order valence-corrected chi connectivity index (χ0v) is 38.3. The number of hydrogen-bond acceptors (Lipinski definition) is 8. The zero-order valence-electron chi connectivity index (χ0n) is 38.3. The summed E-state index contributed by atoms with van der Waals surface area (Å²) in [7, 11) is 0. The van der Waals surface area contributed by atoms with Gasteiger partial charge in [0.25, 0.3) is 0 Å². The third-order valence-electron chi connectivity index (χ3n) is 12.8. The Morgan fingerprint density at radius 3 is 2.23 bits per heavy atom. The maximum atomic E-state index is 13.4. The second-order valence-electron chi connectivity index (χ2n) is 18.2. The monoisotopic (exact) mass is 813 g/mol. The van der Waals surface area contributed by atoms with Gasteiger partial charge in [-0.25, -0.2) is 15.0 Å². The van der Waals surface area contributed by atoms with E-state index in [1.54, 1.807) is 6.92 Å². The first kappa shape index (κ1) is 44.7. The molecule has 3 N–H and O–H groups in total. The third kappa shape index (κ3) is 9.39. The van der Waals surface area contributed by atoms with Gasteiger partial charge in [-0.1, -0.05) is 56.6 Å². The summed E-state index contributed by atoms with van der Waals surface area (Å²) in [5.74, 6) is 0.476. The van der Waals surface area contributed by atoms with Crippen LogP contribution in [0.1, 0.15) is 141 Å². The molecule has 0 aromatic heterocycles. The highest BCUT2D eigenvalue weighted by Gasteiger charge is 2.43. The molecular weight excluding hydrogens is 745 g/mol. The second-order valence-corrected chi connectivity index (χ2v) is 18.2. The van der Waals surface area contributed by atoms with E-state index >= 15 is 0 Å². The molecule has 0 radical (unpaired) electrons. The lowest BCUT2D eigenvalue weighted by atomic mass is 9.85. The van der Waals surface area contributed by atoms with Crippen molar-refractivity contribution in [2.45, 2.75) is 147 Å². The molecule has 1 fully saturated rings. The van der Waals surface area contributed by atoms with Crippen LogP contribution in [0.15, 0.2) is 141 Å². The van der Waals surface area contributed by atoms with Gasteiger partial charge < -0.3 is 20.3 Å². The Bertz CT molecular complexity index is 2280. The minimum absolute atomic E-state index is 0.00716. The van der Waals surface area contributed by atoms with Crippen LogP contribution >= 0.6 is 0 Å². The summed E-state index contributed by atoms with van der Waals surface area (Å²) in [5, 5.41) is 26.7. The van der Waals surface area contributed by atoms with Gasteiger partial charge in [-0.05, 0) is 152 Å². The summed E-state index contributed by atoms with van der Waals surface area (Å²) < 4.78 is 5.79. The van der Waals surface area contributed by atoms with E-state index in [1.165, 1.54) is 22.3 Å². The van der Waals surface area contributed by atoms with Crippen molar-refractivity contribution in [2.24, 2.45) is 32.7 Å². The number of carbonyl (C=O) groups is 1. The Hall–Kier alpha value is -4.82. The number of nitrogens with zero attached hydrogens (tertiary/aromatic N) is 3. The number of aliphatic hydroxyl groups excluding tert-OH is 2. The van der Waals surface area contributed by atoms with Gasteiger partial charge in [0.2, 0.25) is 0 Å². The third-order valence-corrected chi connectivity index (χ3v) is 12.8. The molecule has 60 heavy (non-hydrogen) atoms. The molecule has 6 rings (SSSR count). The van der Waals surface area contributed by atoms with Gasteiger partial charge in [-0.15, -0.1) is 0 Å². The first-order valence-corrected chi connectivity index (χ1v) is 22.3. The normalized spacial score (nSPS) is 22.3. The highest BCUT2D eigenvalue weighted by Crippen LogP contribution is 2.48.